The molecule has 0 bridgehead atoms. The van der Waals surface area contributed by atoms with Crippen LogP contribution < -0.4 is 5.32 Å². The Kier molecular flexibility index (Phi) is 27.5. The number of rotatable bonds is 35. The number of carboxylic acids is 1. The number of nitrogens with zero attached hydrogens (tertiary/aromatic N) is 6. The van der Waals surface area contributed by atoms with E-state index in [0.29, 0.717) is 6.54 Å². The van der Waals surface area contributed by atoms with Gasteiger partial charge in [-0.1, -0.05) is 212 Å². The highest BCUT2D eigenvalue weighted by atomic mass is 16.4. The second-order valence-electron chi connectivity index (χ2n) is 23.8. The molecule has 7 atom stereocenters. The summed E-state index contributed by atoms with van der Waals surface area (Å²) < 4.78 is 0. The van der Waals surface area contributed by atoms with E-state index >= 15 is 9.59 Å². The van der Waals surface area contributed by atoms with Gasteiger partial charge in [-0.3, -0.25) is 33.6 Å². The molecule has 484 valence electrons. The average molecular weight is 1240 g/mol. The lowest BCUT2D eigenvalue weighted by molar-refractivity contribution is -0.141. The molecule has 0 unspecified atom stereocenters. The molecule has 6 amide bonds. The summed E-state index contributed by atoms with van der Waals surface area (Å²) in [7, 11) is 0. The second kappa shape index (κ2) is 36.0. The Morgan fingerprint density at radius 2 is 0.446 bits per heavy atom. The lowest BCUT2D eigenvalue weighted by Gasteiger charge is -2.35. The van der Waals surface area contributed by atoms with Gasteiger partial charge in [-0.05, 0) is 87.4 Å². The van der Waals surface area contributed by atoms with Crippen molar-refractivity contribution in [2.45, 2.75) is 136 Å². The summed E-state index contributed by atoms with van der Waals surface area (Å²) in [6.45, 7) is 14.4. The Morgan fingerprint density at radius 1 is 0.272 bits per heavy atom. The van der Waals surface area contributed by atoms with Crippen LogP contribution in [-0.4, -0.2) is 122 Å². The molecule has 7 rings (SSSR count). The van der Waals surface area contributed by atoms with Crippen molar-refractivity contribution in [3.63, 3.8) is 0 Å². The molecule has 15 heteroatoms. The maximum absolute atomic E-state index is 15.1. The van der Waals surface area contributed by atoms with E-state index in [1.54, 1.807) is 29.4 Å². The Morgan fingerprint density at radius 3 is 0.641 bits per heavy atom. The molecule has 92 heavy (non-hydrogen) atoms. The fourth-order valence-electron chi connectivity index (χ4n) is 12.1. The molecular formula is C77H93N7O8. The van der Waals surface area contributed by atoms with E-state index < -0.39 is 36.2 Å². The summed E-state index contributed by atoms with van der Waals surface area (Å²) in [5, 5.41) is 13.2. The van der Waals surface area contributed by atoms with Gasteiger partial charge in [-0.15, -0.1) is 0 Å². The number of carbonyl (C=O) groups excluding carboxylic acids is 6. The third-order valence-electron chi connectivity index (χ3n) is 17.9. The van der Waals surface area contributed by atoms with Gasteiger partial charge in [-0.25, -0.2) is 0 Å². The maximum atomic E-state index is 15.1. The van der Waals surface area contributed by atoms with Crippen LogP contribution in [0.4, 0.5) is 0 Å². The highest BCUT2D eigenvalue weighted by molar-refractivity contribution is 5.84. The van der Waals surface area contributed by atoms with Crippen LogP contribution in [0.15, 0.2) is 212 Å². The van der Waals surface area contributed by atoms with E-state index in [2.05, 4.69) is 24.4 Å². The largest absolute Gasteiger partial charge is 0.481 e. The third-order valence-corrected chi connectivity index (χ3v) is 17.9. The van der Waals surface area contributed by atoms with Gasteiger partial charge in [0.2, 0.25) is 35.4 Å². The van der Waals surface area contributed by atoms with E-state index in [-0.39, 0.29) is 132 Å². The molecule has 7 aromatic rings. The van der Waals surface area contributed by atoms with Crippen LogP contribution in [0.25, 0.3) is 0 Å². The molecule has 0 saturated carbocycles. The molecule has 0 aliphatic carbocycles. The third kappa shape index (κ3) is 20.4. The lowest BCUT2D eigenvalue weighted by Crippen LogP contribution is -2.43. The van der Waals surface area contributed by atoms with E-state index in [1.807, 2.05) is 242 Å². The van der Waals surface area contributed by atoms with Crippen molar-refractivity contribution in [1.82, 2.24) is 34.7 Å². The van der Waals surface area contributed by atoms with Gasteiger partial charge in [-0.2, -0.15) is 0 Å². The zero-order valence-electron chi connectivity index (χ0n) is 54.6. The van der Waals surface area contributed by atoms with Crippen LogP contribution in [-0.2, 0) is 33.6 Å². The van der Waals surface area contributed by atoms with Gasteiger partial charge < -0.3 is 39.8 Å². The fraction of sp³-hybridized carbons (Fsp3) is 0.364. The molecule has 0 fully saturated rings. The van der Waals surface area contributed by atoms with Crippen LogP contribution >= 0.6 is 0 Å². The lowest BCUT2D eigenvalue weighted by atomic mass is 10.0. The number of carbonyl (C=O) groups is 7. The minimum absolute atomic E-state index is 0.00694. The number of amides is 6. The summed E-state index contributed by atoms with van der Waals surface area (Å²) in [5.74, 6) is -2.40. The highest BCUT2D eigenvalue weighted by Gasteiger charge is 2.32. The molecule has 0 aliphatic heterocycles. The number of hydrogen-bond acceptors (Lipinski definition) is 8. The summed E-state index contributed by atoms with van der Waals surface area (Å²) in [4.78, 5) is 111. The zero-order valence-corrected chi connectivity index (χ0v) is 54.6. The number of aliphatic carboxylic acids is 1. The van der Waals surface area contributed by atoms with Gasteiger partial charge >= 0.3 is 5.97 Å². The van der Waals surface area contributed by atoms with Crippen molar-refractivity contribution in [1.29, 1.82) is 0 Å². The van der Waals surface area contributed by atoms with Crippen molar-refractivity contribution in [2.75, 3.05) is 45.8 Å². The quantitative estimate of drug-likeness (QED) is 0.0392. The van der Waals surface area contributed by atoms with E-state index in [1.165, 1.54) is 0 Å². The molecule has 0 aromatic heterocycles. The van der Waals surface area contributed by atoms with E-state index in [4.69, 9.17) is 0 Å². The number of nitrogens with one attached hydrogen (secondary N) is 1. The van der Waals surface area contributed by atoms with Gasteiger partial charge in [0.1, 0.15) is 0 Å². The molecule has 0 spiro atoms. The van der Waals surface area contributed by atoms with Crippen LogP contribution in [0.1, 0.15) is 175 Å². The van der Waals surface area contributed by atoms with Crippen LogP contribution in [0.2, 0.25) is 0 Å². The summed E-state index contributed by atoms with van der Waals surface area (Å²) >= 11 is 0. The highest BCUT2D eigenvalue weighted by Crippen LogP contribution is 2.30. The van der Waals surface area contributed by atoms with Gasteiger partial charge in [0.05, 0.1) is 42.7 Å². The van der Waals surface area contributed by atoms with Crippen LogP contribution in [0.3, 0.4) is 0 Å². The number of carboxylic acid groups (broad SMARTS) is 1. The van der Waals surface area contributed by atoms with Crippen molar-refractivity contribution in [3.8, 4) is 0 Å². The minimum atomic E-state index is -1.02. The smallest absolute Gasteiger partial charge is 0.305 e. The van der Waals surface area contributed by atoms with Crippen molar-refractivity contribution in [3.05, 3.63) is 251 Å². The SMILES string of the molecule is C[C@H](NCCC(=O)N(CCC(=O)N(CCC(=O)N(CCC(=O)N(CCC(=O)N(CCC(=O)N(CCC(=O)O)[C@@H](C)c1ccccc1)[C@@H](C)c1ccccc1)[C@@H](C)c1ccccc1)[C@@H](C)c1ccccc1)[C@@H](C)c1ccccc1)[C@@H](C)c1ccccc1)c1ccccc1. The molecule has 2 N–H and O–H groups in total. The first-order chi connectivity index (χ1) is 44.4. The normalized spacial score (nSPS) is 13.4. The monoisotopic (exact) mass is 1240 g/mol. The van der Waals surface area contributed by atoms with Gasteiger partial charge in [0, 0.05) is 90.4 Å². The molecular weight excluding hydrogens is 1150 g/mol. The molecule has 15 nitrogen and oxygen atoms in total. The minimum Gasteiger partial charge on any atom is -0.481 e. The summed E-state index contributed by atoms with van der Waals surface area (Å²) in [6, 6.07) is 65.2. The van der Waals surface area contributed by atoms with Crippen LogP contribution in [0, 0.1) is 0 Å². The molecule has 0 heterocycles. The first-order valence-corrected chi connectivity index (χ1v) is 32.5. The second-order valence-corrected chi connectivity index (χ2v) is 23.8. The molecule has 0 saturated heterocycles. The number of benzene rings is 7. The Bertz CT molecular complexity index is 3400. The average Bonchev–Trinajstić information content (AvgIpc) is 1.01. The molecule has 7 aromatic carbocycles. The molecule has 0 aliphatic rings. The van der Waals surface area contributed by atoms with Crippen LogP contribution in [0.5, 0.6) is 0 Å². The standard InChI is InChI=1S/C77H93N7O8/c1-57(64-29-15-8-16-30-64)78-50-43-71(85)79(58(2)65-31-17-9-18-32-65)51-44-72(86)80(59(3)66-33-19-10-20-34-66)52-45-73(87)81(60(4)67-35-21-11-22-36-67)53-46-74(88)82(61(5)68-37-23-12-24-38-68)54-47-75(89)83(62(6)69-39-25-13-26-40-69)55-48-76(90)84(56-49-77(91)92)63(7)70-41-27-14-28-42-70/h8-42,57-63,78H,43-56H2,1-7H3,(H,91,92)/t57-,58-,59-,60-,61-,62-,63-/m0/s1. The maximum Gasteiger partial charge on any atom is 0.305 e. The Hall–Kier alpha value is -9.21. The van der Waals surface area contributed by atoms with Gasteiger partial charge in [0.25, 0.3) is 0 Å². The fourth-order valence-corrected chi connectivity index (χ4v) is 12.1. The number of hydrogen-bond donors (Lipinski definition) is 2. The van der Waals surface area contributed by atoms with E-state index in [9.17, 15) is 29.1 Å². The Balaban J connectivity index is 1.10. The summed E-state index contributed by atoms with van der Waals surface area (Å²) in [6.07, 6.45) is -0.272. The van der Waals surface area contributed by atoms with E-state index in [0.717, 1.165) is 38.9 Å². The first-order valence-electron chi connectivity index (χ1n) is 32.5. The van der Waals surface area contributed by atoms with Gasteiger partial charge in [0.15, 0.2) is 0 Å². The zero-order chi connectivity index (χ0) is 65.9. The predicted molar refractivity (Wildman–Crippen MR) is 362 cm³/mol. The first kappa shape index (κ1) is 70.3. The Labute approximate surface area is 545 Å². The van der Waals surface area contributed by atoms with Crippen molar-refractivity contribution >= 4 is 41.4 Å². The van der Waals surface area contributed by atoms with Crippen molar-refractivity contribution in [2.24, 2.45) is 0 Å². The summed E-state index contributed by atoms with van der Waals surface area (Å²) in [5.41, 5.74) is 6.41. The predicted octanol–water partition coefficient (Wildman–Crippen LogP) is 13.7. The van der Waals surface area contributed by atoms with Crippen molar-refractivity contribution < 1.29 is 38.7 Å². The topological polar surface area (TPSA) is 171 Å². The molecule has 0 radical (unpaired) electrons.